The molecule has 1 saturated heterocycles. The number of piperazine rings is 1. The van der Waals surface area contributed by atoms with Crippen LogP contribution in [-0.4, -0.2) is 62.6 Å². The third-order valence-corrected chi connectivity index (χ3v) is 6.85. The molecule has 2 fully saturated rings. The molecule has 1 aliphatic heterocycles. The van der Waals surface area contributed by atoms with Gasteiger partial charge in [-0.15, -0.1) is 0 Å². The summed E-state index contributed by atoms with van der Waals surface area (Å²) in [5.41, 5.74) is 0.728. The first kappa shape index (κ1) is 24.0. The molecule has 182 valence electrons. The second-order valence-electron chi connectivity index (χ2n) is 10.6. The van der Waals surface area contributed by atoms with E-state index in [1.165, 1.54) is 0 Å². The molecular weight excluding hydrogens is 432 g/mol. The first-order valence-corrected chi connectivity index (χ1v) is 12.1. The predicted molar refractivity (Wildman–Crippen MR) is 129 cm³/mol. The molecule has 2 unspecified atom stereocenters. The third kappa shape index (κ3) is 4.59. The van der Waals surface area contributed by atoms with Crippen molar-refractivity contribution >= 4 is 29.2 Å². The first-order chi connectivity index (χ1) is 16.1. The molecule has 2 aromatic rings. The molecule has 2 aromatic heterocycles. The number of anilines is 1. The first-order valence-electron chi connectivity index (χ1n) is 12.1. The molecule has 0 radical (unpaired) electrons. The second-order valence-corrected chi connectivity index (χ2v) is 10.6. The molecule has 1 saturated carbocycles. The number of carbonyl (C=O) groups excluding carboxylic acids is 2. The number of rotatable bonds is 3. The lowest BCUT2D eigenvalue weighted by Gasteiger charge is -2.44. The number of nitriles is 1. The molecule has 34 heavy (non-hydrogen) atoms. The summed E-state index contributed by atoms with van der Waals surface area (Å²) in [6, 6.07) is 2.43. The van der Waals surface area contributed by atoms with Crippen LogP contribution < -0.4 is 4.90 Å². The molecule has 0 N–H and O–H groups in total. The van der Waals surface area contributed by atoms with E-state index >= 15 is 0 Å². The Morgan fingerprint density at radius 2 is 1.97 bits per heavy atom. The molecule has 0 bridgehead atoms. The predicted octanol–water partition coefficient (Wildman–Crippen LogP) is 4.33. The highest BCUT2D eigenvalue weighted by Crippen LogP contribution is 2.38. The number of aldehydes is 1. The van der Waals surface area contributed by atoms with Crippen LogP contribution in [0.2, 0.25) is 0 Å². The van der Waals surface area contributed by atoms with E-state index in [0.717, 1.165) is 43.0 Å². The van der Waals surface area contributed by atoms with Crippen molar-refractivity contribution in [2.24, 2.45) is 5.92 Å². The van der Waals surface area contributed by atoms with E-state index in [0.29, 0.717) is 24.5 Å². The van der Waals surface area contributed by atoms with E-state index in [1.807, 2.05) is 40.8 Å². The lowest BCUT2D eigenvalue weighted by molar-refractivity contribution is 0.0130. The van der Waals surface area contributed by atoms with Gasteiger partial charge in [-0.1, -0.05) is 6.42 Å². The Labute approximate surface area is 200 Å². The summed E-state index contributed by atoms with van der Waals surface area (Å²) in [5.74, 6) is 0.737. The zero-order valence-electron chi connectivity index (χ0n) is 20.7. The van der Waals surface area contributed by atoms with Gasteiger partial charge in [0.15, 0.2) is 6.29 Å². The Morgan fingerprint density at radius 3 is 2.65 bits per heavy atom. The van der Waals surface area contributed by atoms with Crippen molar-refractivity contribution in [2.75, 3.05) is 18.0 Å². The van der Waals surface area contributed by atoms with Gasteiger partial charge in [-0.05, 0) is 53.9 Å². The number of amides is 1. The molecule has 9 heteroatoms. The molecule has 0 spiro atoms. The van der Waals surface area contributed by atoms with Crippen molar-refractivity contribution in [2.45, 2.75) is 84.0 Å². The van der Waals surface area contributed by atoms with Gasteiger partial charge >= 0.3 is 6.09 Å². The zero-order chi connectivity index (χ0) is 24.6. The number of nitrogens with zero attached hydrogens (tertiary/aromatic N) is 6. The topological polar surface area (TPSA) is 104 Å². The monoisotopic (exact) mass is 466 g/mol. The van der Waals surface area contributed by atoms with Crippen LogP contribution in [0, 0.1) is 17.2 Å². The molecule has 4 atom stereocenters. The highest BCUT2D eigenvalue weighted by molar-refractivity contribution is 6.02. The summed E-state index contributed by atoms with van der Waals surface area (Å²) in [5, 5.41) is 10.2. The molecule has 9 nitrogen and oxygen atoms in total. The molecule has 1 aliphatic carbocycles. The second kappa shape index (κ2) is 9.24. The van der Waals surface area contributed by atoms with Gasteiger partial charge < -0.3 is 19.1 Å². The van der Waals surface area contributed by atoms with Gasteiger partial charge in [0.2, 0.25) is 0 Å². The largest absolute Gasteiger partial charge is 0.444 e. The van der Waals surface area contributed by atoms with Crippen LogP contribution in [0.3, 0.4) is 0 Å². The number of hydrogen-bond donors (Lipinski definition) is 0. The van der Waals surface area contributed by atoms with E-state index in [1.54, 1.807) is 11.2 Å². The normalized spacial score (nSPS) is 25.8. The van der Waals surface area contributed by atoms with Crippen LogP contribution in [0.1, 0.15) is 76.7 Å². The molecular formula is C25H34N6O3. The summed E-state index contributed by atoms with van der Waals surface area (Å²) >= 11 is 0. The van der Waals surface area contributed by atoms with Gasteiger partial charge in [-0.2, -0.15) is 5.26 Å². The molecule has 1 amide bonds. The number of ether oxygens (including phenoxy) is 1. The average molecular weight is 467 g/mol. The van der Waals surface area contributed by atoms with Crippen LogP contribution in [0.25, 0.3) is 11.0 Å². The Morgan fingerprint density at radius 1 is 1.21 bits per heavy atom. The highest BCUT2D eigenvalue weighted by Gasteiger charge is 2.36. The fourth-order valence-corrected chi connectivity index (χ4v) is 5.21. The number of hydrogen-bond acceptors (Lipinski definition) is 7. The van der Waals surface area contributed by atoms with Crippen LogP contribution >= 0.6 is 0 Å². The summed E-state index contributed by atoms with van der Waals surface area (Å²) in [6.45, 7) is 10.7. The molecule has 3 heterocycles. The van der Waals surface area contributed by atoms with E-state index in [4.69, 9.17) is 4.74 Å². The number of carbonyl (C=O) groups is 2. The number of fused-ring (bicyclic) bond motifs is 1. The van der Waals surface area contributed by atoms with Crippen molar-refractivity contribution < 1.29 is 14.3 Å². The van der Waals surface area contributed by atoms with Crippen molar-refractivity contribution in [3.63, 3.8) is 0 Å². The Balaban J connectivity index is 1.66. The maximum atomic E-state index is 12.7. The van der Waals surface area contributed by atoms with Crippen molar-refractivity contribution in [3.8, 4) is 6.07 Å². The van der Waals surface area contributed by atoms with Gasteiger partial charge in [0.25, 0.3) is 0 Å². The van der Waals surface area contributed by atoms with Crippen molar-refractivity contribution in [1.29, 1.82) is 5.26 Å². The van der Waals surface area contributed by atoms with Gasteiger partial charge in [-0.3, -0.25) is 4.79 Å². The van der Waals surface area contributed by atoms with Crippen LogP contribution in [0.15, 0.2) is 12.5 Å². The fourth-order valence-electron chi connectivity index (χ4n) is 5.21. The standard InChI is InChI=1S/C25H34N6O3/c1-16-12-30(24(33)34-25(3,4)5)17(2)11-29(16)22-21-19(14-32)13-31(23(21)28-15-27-22)20-8-6-7-18(9-20)10-26/h13-18,20H,6-9,11-12H2,1-5H3/t16-,17+,18?,20?/m0/s1. The summed E-state index contributed by atoms with van der Waals surface area (Å²) < 4.78 is 7.67. The molecule has 4 rings (SSSR count). The third-order valence-electron chi connectivity index (χ3n) is 6.85. The van der Waals surface area contributed by atoms with E-state index in [9.17, 15) is 14.9 Å². The Hall–Kier alpha value is -3.15. The summed E-state index contributed by atoms with van der Waals surface area (Å²) in [7, 11) is 0. The smallest absolute Gasteiger partial charge is 0.410 e. The SMILES string of the molecule is C[C@@H]1CN(c2ncnc3c2c(C=O)cn3C2CCCC(C#N)C2)[C@@H](C)CN1C(=O)OC(C)(C)C. The van der Waals surface area contributed by atoms with Crippen molar-refractivity contribution in [3.05, 3.63) is 18.1 Å². The average Bonchev–Trinajstić information content (AvgIpc) is 3.18. The van der Waals surface area contributed by atoms with Gasteiger partial charge in [0, 0.05) is 48.9 Å². The lowest BCUT2D eigenvalue weighted by Crippen LogP contribution is -2.59. The van der Waals surface area contributed by atoms with E-state index < -0.39 is 5.60 Å². The minimum atomic E-state index is -0.554. The maximum Gasteiger partial charge on any atom is 0.410 e. The Bertz CT molecular complexity index is 1110. The fraction of sp³-hybridized carbons (Fsp3) is 0.640. The van der Waals surface area contributed by atoms with Crippen LogP contribution in [-0.2, 0) is 4.74 Å². The minimum Gasteiger partial charge on any atom is -0.444 e. The van der Waals surface area contributed by atoms with Crippen LogP contribution in [0.5, 0.6) is 0 Å². The maximum absolute atomic E-state index is 12.7. The highest BCUT2D eigenvalue weighted by atomic mass is 16.6. The zero-order valence-corrected chi connectivity index (χ0v) is 20.7. The van der Waals surface area contributed by atoms with Crippen molar-refractivity contribution in [1.82, 2.24) is 19.4 Å². The molecule has 0 aromatic carbocycles. The van der Waals surface area contributed by atoms with E-state index in [-0.39, 0.29) is 30.1 Å². The lowest BCUT2D eigenvalue weighted by atomic mass is 9.86. The quantitative estimate of drug-likeness (QED) is 0.620. The number of aromatic nitrogens is 3. The summed E-state index contributed by atoms with van der Waals surface area (Å²) in [6.07, 6.45) is 7.59. The van der Waals surface area contributed by atoms with Gasteiger partial charge in [0.1, 0.15) is 23.4 Å². The summed E-state index contributed by atoms with van der Waals surface area (Å²) in [4.78, 5) is 37.9. The molecule has 2 aliphatic rings. The van der Waals surface area contributed by atoms with E-state index in [2.05, 4.69) is 25.5 Å². The Kier molecular flexibility index (Phi) is 6.52. The minimum absolute atomic E-state index is 0.0256. The van der Waals surface area contributed by atoms with Gasteiger partial charge in [0.05, 0.1) is 11.5 Å². The van der Waals surface area contributed by atoms with Gasteiger partial charge in [-0.25, -0.2) is 14.8 Å². The van der Waals surface area contributed by atoms with Crippen LogP contribution in [0.4, 0.5) is 10.6 Å².